The summed E-state index contributed by atoms with van der Waals surface area (Å²) in [6, 6.07) is 7.54. The normalized spacial score (nSPS) is 12.2. The smallest absolute Gasteiger partial charge is 0.155 e. The molecule has 1 rings (SSSR count). The molecule has 0 spiro atoms. The molecule has 0 bridgehead atoms. The Morgan fingerprint density at radius 3 is 2.63 bits per heavy atom. The first-order valence-corrected chi connectivity index (χ1v) is 7.52. The number of Topliss-reactive ketones (excluding diaryl/α,β-unsaturated/α-hetero) is 1. The molecule has 3 heteroatoms. The molecule has 0 aliphatic carbocycles. The molecule has 0 saturated carbocycles. The first-order valence-electron chi connectivity index (χ1n) is 7.09. The maximum atomic E-state index is 11.7. The summed E-state index contributed by atoms with van der Waals surface area (Å²) < 4.78 is 5.76. The van der Waals surface area contributed by atoms with E-state index in [1.54, 1.807) is 0 Å². The summed E-state index contributed by atoms with van der Waals surface area (Å²) >= 11 is 6.19. The Morgan fingerprint density at radius 2 is 1.95 bits per heavy atom. The average molecular weight is 283 g/mol. The summed E-state index contributed by atoms with van der Waals surface area (Å²) in [5.41, 5.74) is 0.784. The molecule has 19 heavy (non-hydrogen) atoms. The zero-order valence-corrected chi connectivity index (χ0v) is 12.6. The van der Waals surface area contributed by atoms with Gasteiger partial charge in [0.2, 0.25) is 0 Å². The van der Waals surface area contributed by atoms with Gasteiger partial charge in [0.05, 0.1) is 6.61 Å². The fraction of sp³-hybridized carbons (Fsp3) is 0.562. The second-order valence-corrected chi connectivity index (χ2v) is 5.07. The standard InChI is InChI=1S/C16H23ClO2/c1-3-5-6-9-12-19-15-11-8-7-10-13(15)16(17)14(18)4-2/h7-8,10-11,16H,3-6,9,12H2,1-2H3. The number of para-hydroxylation sites is 1. The van der Waals surface area contributed by atoms with Crippen LogP contribution in [0.15, 0.2) is 24.3 Å². The first-order chi connectivity index (χ1) is 9.20. The molecule has 0 N–H and O–H groups in total. The van der Waals surface area contributed by atoms with Gasteiger partial charge in [-0.2, -0.15) is 0 Å². The van der Waals surface area contributed by atoms with Crippen molar-refractivity contribution in [3.8, 4) is 5.75 Å². The fourth-order valence-corrected chi connectivity index (χ4v) is 2.22. The van der Waals surface area contributed by atoms with Crippen LogP contribution >= 0.6 is 11.6 Å². The third-order valence-corrected chi connectivity index (χ3v) is 3.56. The molecule has 1 unspecified atom stereocenters. The average Bonchev–Trinajstić information content (AvgIpc) is 2.46. The minimum Gasteiger partial charge on any atom is -0.493 e. The number of carbonyl (C=O) groups excluding carboxylic acids is 1. The number of benzene rings is 1. The number of carbonyl (C=O) groups is 1. The molecule has 1 atom stereocenters. The fourth-order valence-electron chi connectivity index (χ4n) is 1.88. The van der Waals surface area contributed by atoms with Gasteiger partial charge in [-0.15, -0.1) is 11.6 Å². The number of hydrogen-bond donors (Lipinski definition) is 0. The minimum absolute atomic E-state index is 0.0312. The summed E-state index contributed by atoms with van der Waals surface area (Å²) in [6.45, 7) is 4.69. The highest BCUT2D eigenvalue weighted by Gasteiger charge is 2.19. The maximum Gasteiger partial charge on any atom is 0.155 e. The van der Waals surface area contributed by atoms with E-state index in [-0.39, 0.29) is 5.78 Å². The van der Waals surface area contributed by atoms with Gasteiger partial charge in [0.15, 0.2) is 5.78 Å². The van der Waals surface area contributed by atoms with E-state index in [1.165, 1.54) is 19.3 Å². The van der Waals surface area contributed by atoms with E-state index in [1.807, 2.05) is 31.2 Å². The number of halogens is 1. The summed E-state index contributed by atoms with van der Waals surface area (Å²) in [5, 5.41) is -0.600. The number of ketones is 1. The highest BCUT2D eigenvalue weighted by molar-refractivity contribution is 6.31. The molecule has 0 fully saturated rings. The van der Waals surface area contributed by atoms with E-state index in [4.69, 9.17) is 16.3 Å². The SMILES string of the molecule is CCCCCCOc1ccccc1C(Cl)C(=O)CC. The zero-order chi connectivity index (χ0) is 14.1. The van der Waals surface area contributed by atoms with Gasteiger partial charge in [0.1, 0.15) is 11.1 Å². The summed E-state index contributed by atoms with van der Waals surface area (Å²) in [7, 11) is 0. The van der Waals surface area contributed by atoms with Crippen molar-refractivity contribution in [1.82, 2.24) is 0 Å². The van der Waals surface area contributed by atoms with Crippen molar-refractivity contribution in [2.75, 3.05) is 6.61 Å². The van der Waals surface area contributed by atoms with Gasteiger partial charge in [-0.05, 0) is 12.5 Å². The molecule has 1 aromatic carbocycles. The minimum atomic E-state index is -0.600. The monoisotopic (exact) mass is 282 g/mol. The number of hydrogen-bond acceptors (Lipinski definition) is 2. The predicted molar refractivity (Wildman–Crippen MR) is 80.0 cm³/mol. The van der Waals surface area contributed by atoms with Gasteiger partial charge in [-0.3, -0.25) is 4.79 Å². The van der Waals surface area contributed by atoms with E-state index in [0.29, 0.717) is 13.0 Å². The number of unbranched alkanes of at least 4 members (excludes halogenated alkanes) is 3. The third kappa shape index (κ3) is 5.23. The molecule has 0 aromatic heterocycles. The van der Waals surface area contributed by atoms with Crippen molar-refractivity contribution in [2.24, 2.45) is 0 Å². The highest BCUT2D eigenvalue weighted by Crippen LogP contribution is 2.31. The Bertz CT molecular complexity index is 390. The van der Waals surface area contributed by atoms with Crippen molar-refractivity contribution < 1.29 is 9.53 Å². The molecule has 106 valence electrons. The Kier molecular flexibility index (Phi) is 7.57. The molecule has 0 aliphatic heterocycles. The largest absolute Gasteiger partial charge is 0.493 e. The predicted octanol–water partition coefficient (Wildman–Crippen LogP) is 4.90. The quantitative estimate of drug-likeness (QED) is 0.475. The molecule has 0 heterocycles. The molecule has 0 amide bonds. The van der Waals surface area contributed by atoms with E-state index in [0.717, 1.165) is 17.7 Å². The van der Waals surface area contributed by atoms with E-state index >= 15 is 0 Å². The third-order valence-electron chi connectivity index (χ3n) is 3.08. The van der Waals surface area contributed by atoms with Crippen LogP contribution in [-0.4, -0.2) is 12.4 Å². The zero-order valence-electron chi connectivity index (χ0n) is 11.8. The number of ether oxygens (including phenoxy) is 1. The molecule has 0 radical (unpaired) electrons. The van der Waals surface area contributed by atoms with Gasteiger partial charge >= 0.3 is 0 Å². The lowest BCUT2D eigenvalue weighted by atomic mass is 10.1. The lowest BCUT2D eigenvalue weighted by Gasteiger charge is -2.14. The van der Waals surface area contributed by atoms with Crippen LogP contribution in [0.3, 0.4) is 0 Å². The Labute approximate surface area is 121 Å². The lowest BCUT2D eigenvalue weighted by Crippen LogP contribution is -2.08. The van der Waals surface area contributed by atoms with Crippen molar-refractivity contribution in [1.29, 1.82) is 0 Å². The van der Waals surface area contributed by atoms with Crippen LogP contribution < -0.4 is 4.74 Å². The van der Waals surface area contributed by atoms with E-state index in [9.17, 15) is 4.79 Å². The van der Waals surface area contributed by atoms with Crippen LogP contribution in [0.1, 0.15) is 56.9 Å². The first kappa shape index (κ1) is 16.0. The van der Waals surface area contributed by atoms with Gasteiger partial charge in [0, 0.05) is 12.0 Å². The molecule has 0 saturated heterocycles. The maximum absolute atomic E-state index is 11.7. The van der Waals surface area contributed by atoms with Crippen LogP contribution in [0.2, 0.25) is 0 Å². The van der Waals surface area contributed by atoms with Gasteiger partial charge in [0.25, 0.3) is 0 Å². The van der Waals surface area contributed by atoms with Crippen molar-refractivity contribution in [2.45, 2.75) is 51.3 Å². The van der Waals surface area contributed by atoms with Gasteiger partial charge in [-0.1, -0.05) is 51.3 Å². The number of rotatable bonds is 9. The van der Waals surface area contributed by atoms with Crippen molar-refractivity contribution in [3.63, 3.8) is 0 Å². The van der Waals surface area contributed by atoms with Crippen molar-refractivity contribution >= 4 is 17.4 Å². The second kappa shape index (κ2) is 8.98. The van der Waals surface area contributed by atoms with Crippen LogP contribution in [-0.2, 0) is 4.79 Å². The lowest BCUT2D eigenvalue weighted by molar-refractivity contribution is -0.118. The molecular formula is C16H23ClO2. The summed E-state index contributed by atoms with van der Waals surface area (Å²) in [6.07, 6.45) is 5.11. The van der Waals surface area contributed by atoms with Crippen LogP contribution in [0.5, 0.6) is 5.75 Å². The van der Waals surface area contributed by atoms with Crippen LogP contribution in [0.25, 0.3) is 0 Å². The van der Waals surface area contributed by atoms with E-state index in [2.05, 4.69) is 6.92 Å². The Balaban J connectivity index is 2.60. The second-order valence-electron chi connectivity index (χ2n) is 4.63. The van der Waals surface area contributed by atoms with Crippen LogP contribution in [0.4, 0.5) is 0 Å². The molecular weight excluding hydrogens is 260 g/mol. The summed E-state index contributed by atoms with van der Waals surface area (Å²) in [4.78, 5) is 11.7. The molecule has 0 aliphatic rings. The van der Waals surface area contributed by atoms with Gasteiger partial charge < -0.3 is 4.74 Å². The van der Waals surface area contributed by atoms with Crippen LogP contribution in [0, 0.1) is 0 Å². The number of alkyl halides is 1. The van der Waals surface area contributed by atoms with E-state index < -0.39 is 5.38 Å². The highest BCUT2D eigenvalue weighted by atomic mass is 35.5. The Hall–Kier alpha value is -1.02. The van der Waals surface area contributed by atoms with Crippen molar-refractivity contribution in [3.05, 3.63) is 29.8 Å². The Morgan fingerprint density at radius 1 is 1.21 bits per heavy atom. The topological polar surface area (TPSA) is 26.3 Å². The molecule has 2 nitrogen and oxygen atoms in total. The molecule has 1 aromatic rings. The summed E-state index contributed by atoms with van der Waals surface area (Å²) in [5.74, 6) is 0.768. The van der Waals surface area contributed by atoms with Gasteiger partial charge in [-0.25, -0.2) is 0 Å².